The highest BCUT2D eigenvalue weighted by Gasteiger charge is 2.28. The number of carbonyl (C=O) groups excluding carboxylic acids is 1. The number of amides is 1. The summed E-state index contributed by atoms with van der Waals surface area (Å²) in [5.74, 6) is 1.66. The molecule has 1 N–H and O–H groups in total. The smallest absolute Gasteiger partial charge is 0.258 e. The fourth-order valence-corrected chi connectivity index (χ4v) is 4.07. The summed E-state index contributed by atoms with van der Waals surface area (Å²) in [4.78, 5) is 11.9. The van der Waals surface area contributed by atoms with Crippen LogP contribution in [0.2, 0.25) is 0 Å². The van der Waals surface area contributed by atoms with Crippen LogP contribution in [0.15, 0.2) is 24.3 Å². The Bertz CT molecular complexity index is 657. The van der Waals surface area contributed by atoms with Gasteiger partial charge in [0.15, 0.2) is 16.4 Å². The molecular formula is C17H25NO5S. The van der Waals surface area contributed by atoms with Crippen LogP contribution in [0, 0.1) is 5.92 Å². The molecule has 1 aromatic carbocycles. The molecule has 1 aliphatic heterocycles. The van der Waals surface area contributed by atoms with Crippen molar-refractivity contribution in [2.75, 3.05) is 24.7 Å². The van der Waals surface area contributed by atoms with E-state index in [1.807, 2.05) is 12.1 Å². The number of rotatable bonds is 8. The molecule has 1 aliphatic rings. The zero-order valence-corrected chi connectivity index (χ0v) is 15.0. The van der Waals surface area contributed by atoms with E-state index in [2.05, 4.69) is 19.2 Å². The van der Waals surface area contributed by atoms with Crippen molar-refractivity contribution in [1.29, 1.82) is 0 Å². The first-order valence-corrected chi connectivity index (χ1v) is 10.0. The molecule has 0 radical (unpaired) electrons. The van der Waals surface area contributed by atoms with Crippen molar-refractivity contribution >= 4 is 15.7 Å². The first-order valence-electron chi connectivity index (χ1n) is 8.19. The van der Waals surface area contributed by atoms with Gasteiger partial charge in [0.1, 0.15) is 11.5 Å². The largest absolute Gasteiger partial charge is 0.493 e. The lowest BCUT2D eigenvalue weighted by atomic mass is 10.1. The topological polar surface area (TPSA) is 81.7 Å². The molecule has 1 heterocycles. The van der Waals surface area contributed by atoms with Gasteiger partial charge < -0.3 is 14.8 Å². The molecule has 0 bridgehead atoms. The van der Waals surface area contributed by atoms with Crippen LogP contribution in [0.3, 0.4) is 0 Å². The van der Waals surface area contributed by atoms with E-state index in [0.29, 0.717) is 30.4 Å². The summed E-state index contributed by atoms with van der Waals surface area (Å²) in [6.07, 6.45) is 1.44. The average Bonchev–Trinajstić information content (AvgIpc) is 2.84. The van der Waals surface area contributed by atoms with E-state index < -0.39 is 9.84 Å². The molecule has 1 amide bonds. The van der Waals surface area contributed by atoms with Crippen LogP contribution in [0.1, 0.15) is 26.7 Å². The summed E-state index contributed by atoms with van der Waals surface area (Å²) in [5, 5.41) is 2.69. The molecule has 1 saturated heterocycles. The molecule has 0 saturated carbocycles. The molecule has 0 aliphatic carbocycles. The minimum Gasteiger partial charge on any atom is -0.493 e. The number of hydrogen-bond acceptors (Lipinski definition) is 5. The molecule has 2 rings (SSSR count). The Kier molecular flexibility index (Phi) is 6.48. The minimum atomic E-state index is -3.00. The van der Waals surface area contributed by atoms with Gasteiger partial charge in [-0.15, -0.1) is 0 Å². The lowest BCUT2D eigenvalue weighted by Gasteiger charge is -2.12. The van der Waals surface area contributed by atoms with Crippen molar-refractivity contribution in [2.24, 2.45) is 5.92 Å². The van der Waals surface area contributed by atoms with Crippen LogP contribution in [0.25, 0.3) is 0 Å². The van der Waals surface area contributed by atoms with Gasteiger partial charge in [-0.2, -0.15) is 0 Å². The lowest BCUT2D eigenvalue weighted by molar-refractivity contribution is -0.123. The van der Waals surface area contributed by atoms with E-state index in [1.165, 1.54) is 0 Å². The number of nitrogens with one attached hydrogen (secondary N) is 1. The Morgan fingerprint density at radius 1 is 1.29 bits per heavy atom. The van der Waals surface area contributed by atoms with Crippen molar-refractivity contribution in [3.8, 4) is 11.5 Å². The molecule has 1 aromatic rings. The third kappa shape index (κ3) is 6.39. The third-order valence-corrected chi connectivity index (χ3v) is 5.50. The molecule has 1 fully saturated rings. The molecule has 7 heteroatoms. The van der Waals surface area contributed by atoms with Gasteiger partial charge >= 0.3 is 0 Å². The van der Waals surface area contributed by atoms with Crippen molar-refractivity contribution < 1.29 is 22.7 Å². The number of sulfone groups is 1. The maximum Gasteiger partial charge on any atom is 0.258 e. The van der Waals surface area contributed by atoms with E-state index in [0.717, 1.165) is 6.42 Å². The quantitative estimate of drug-likeness (QED) is 0.769. The molecule has 0 unspecified atom stereocenters. The minimum absolute atomic E-state index is 0.0118. The highest BCUT2D eigenvalue weighted by atomic mass is 32.2. The van der Waals surface area contributed by atoms with Gasteiger partial charge in [-0.1, -0.05) is 19.9 Å². The van der Waals surface area contributed by atoms with Gasteiger partial charge in [0.05, 0.1) is 18.1 Å². The first-order chi connectivity index (χ1) is 11.3. The van der Waals surface area contributed by atoms with Gasteiger partial charge in [-0.25, -0.2) is 8.42 Å². The van der Waals surface area contributed by atoms with Crippen LogP contribution in [0.4, 0.5) is 0 Å². The summed E-state index contributed by atoms with van der Waals surface area (Å²) in [7, 11) is -3.00. The molecule has 134 valence electrons. The summed E-state index contributed by atoms with van der Waals surface area (Å²) in [5.41, 5.74) is 0. The van der Waals surface area contributed by atoms with Crippen molar-refractivity contribution in [3.63, 3.8) is 0 Å². The lowest BCUT2D eigenvalue weighted by Crippen LogP contribution is -2.38. The Morgan fingerprint density at radius 2 is 2.00 bits per heavy atom. The van der Waals surface area contributed by atoms with Gasteiger partial charge in [0, 0.05) is 12.1 Å². The zero-order chi connectivity index (χ0) is 17.6. The van der Waals surface area contributed by atoms with Crippen molar-refractivity contribution in [2.45, 2.75) is 32.7 Å². The highest BCUT2D eigenvalue weighted by Crippen LogP contribution is 2.20. The van der Waals surface area contributed by atoms with Crippen LogP contribution in [-0.4, -0.2) is 45.1 Å². The monoisotopic (exact) mass is 355 g/mol. The SMILES string of the molecule is CC(C)CCOc1cccc(OCC(=O)N[C@@H]2CCS(=O)(=O)C2)c1. The Balaban J connectivity index is 1.76. The van der Waals surface area contributed by atoms with E-state index >= 15 is 0 Å². The van der Waals surface area contributed by atoms with Crippen LogP contribution >= 0.6 is 0 Å². The molecule has 1 atom stereocenters. The van der Waals surface area contributed by atoms with Crippen LogP contribution in [-0.2, 0) is 14.6 Å². The summed E-state index contributed by atoms with van der Waals surface area (Å²) in [6, 6.07) is 6.84. The predicted molar refractivity (Wildman–Crippen MR) is 92.1 cm³/mol. The normalized spacial score (nSPS) is 19.2. The third-order valence-electron chi connectivity index (χ3n) is 3.74. The van der Waals surface area contributed by atoms with E-state index in [1.54, 1.807) is 12.1 Å². The van der Waals surface area contributed by atoms with E-state index in [4.69, 9.17) is 9.47 Å². The van der Waals surface area contributed by atoms with Gasteiger partial charge in [-0.05, 0) is 30.9 Å². The van der Waals surface area contributed by atoms with Crippen molar-refractivity contribution in [3.05, 3.63) is 24.3 Å². The summed E-state index contributed by atoms with van der Waals surface area (Å²) in [6.45, 7) is 4.76. The Labute approximate surface area is 143 Å². The summed E-state index contributed by atoms with van der Waals surface area (Å²) >= 11 is 0. The average molecular weight is 355 g/mol. The number of ether oxygens (including phenoxy) is 2. The molecule has 6 nitrogen and oxygen atoms in total. The maximum atomic E-state index is 11.9. The second kappa shape index (κ2) is 8.37. The highest BCUT2D eigenvalue weighted by molar-refractivity contribution is 7.91. The predicted octanol–water partition coefficient (Wildman–Crippen LogP) is 1.79. The molecule has 0 spiro atoms. The second-order valence-electron chi connectivity index (χ2n) is 6.46. The maximum absolute atomic E-state index is 11.9. The fourth-order valence-electron chi connectivity index (χ4n) is 2.39. The van der Waals surface area contributed by atoms with Gasteiger partial charge in [0.2, 0.25) is 0 Å². The molecule has 24 heavy (non-hydrogen) atoms. The standard InChI is InChI=1S/C17H25NO5S/c1-13(2)6-8-22-15-4-3-5-16(10-15)23-11-17(19)18-14-7-9-24(20,21)12-14/h3-5,10,13-14H,6-9,11-12H2,1-2H3,(H,18,19)/t14-/m1/s1. The van der Waals surface area contributed by atoms with Crippen LogP contribution in [0.5, 0.6) is 11.5 Å². The fraction of sp³-hybridized carbons (Fsp3) is 0.588. The van der Waals surface area contributed by atoms with Crippen molar-refractivity contribution in [1.82, 2.24) is 5.32 Å². The van der Waals surface area contributed by atoms with Gasteiger partial charge in [-0.3, -0.25) is 4.79 Å². The first kappa shape index (κ1) is 18.6. The van der Waals surface area contributed by atoms with E-state index in [-0.39, 0.29) is 30.1 Å². The summed E-state index contributed by atoms with van der Waals surface area (Å²) < 4.78 is 33.8. The second-order valence-corrected chi connectivity index (χ2v) is 8.69. The number of benzene rings is 1. The number of hydrogen-bond donors (Lipinski definition) is 1. The Morgan fingerprint density at radius 3 is 2.62 bits per heavy atom. The Hall–Kier alpha value is -1.76. The van der Waals surface area contributed by atoms with Crippen LogP contribution < -0.4 is 14.8 Å². The molecular weight excluding hydrogens is 330 g/mol. The number of carbonyl (C=O) groups is 1. The van der Waals surface area contributed by atoms with E-state index in [9.17, 15) is 13.2 Å². The zero-order valence-electron chi connectivity index (χ0n) is 14.2. The van der Waals surface area contributed by atoms with Gasteiger partial charge in [0.25, 0.3) is 5.91 Å². The molecule has 0 aromatic heterocycles.